The Bertz CT molecular complexity index is 523. The molecule has 0 aliphatic carbocycles. The highest BCUT2D eigenvalue weighted by Gasteiger charge is 2.33. The number of amides is 1. The number of carbonyl (C=O) groups is 1. The van der Waals surface area contributed by atoms with Gasteiger partial charge in [-0.1, -0.05) is 13.0 Å². The Morgan fingerprint density at radius 1 is 1.53 bits per heavy atom. The van der Waals surface area contributed by atoms with Gasteiger partial charge < -0.3 is 10.1 Å². The van der Waals surface area contributed by atoms with E-state index in [4.69, 9.17) is 4.74 Å². The average Bonchev–Trinajstić information content (AvgIpc) is 2.33. The Hall–Kier alpha value is -1.95. The fourth-order valence-electron chi connectivity index (χ4n) is 2.01. The van der Waals surface area contributed by atoms with Gasteiger partial charge in [0.25, 0.3) is 11.6 Å². The Morgan fingerprint density at radius 3 is 2.74 bits per heavy atom. The summed E-state index contributed by atoms with van der Waals surface area (Å²) in [5, 5.41) is 13.6. The number of nitro groups is 1. The zero-order valence-electron chi connectivity index (χ0n) is 10.9. The van der Waals surface area contributed by atoms with Gasteiger partial charge in [-0.3, -0.25) is 14.9 Å². The van der Waals surface area contributed by atoms with Crippen molar-refractivity contribution in [3.8, 4) is 0 Å². The molecule has 1 amide bonds. The Morgan fingerprint density at radius 2 is 2.21 bits per heavy atom. The van der Waals surface area contributed by atoms with Crippen LogP contribution in [-0.4, -0.2) is 30.6 Å². The van der Waals surface area contributed by atoms with Gasteiger partial charge in [0.15, 0.2) is 0 Å². The van der Waals surface area contributed by atoms with E-state index in [2.05, 4.69) is 5.32 Å². The second-order valence-electron chi connectivity index (χ2n) is 5.19. The van der Waals surface area contributed by atoms with Crippen molar-refractivity contribution in [3.05, 3.63) is 39.4 Å². The molecule has 1 heterocycles. The van der Waals surface area contributed by atoms with Crippen molar-refractivity contribution >= 4 is 11.6 Å². The highest BCUT2D eigenvalue weighted by molar-refractivity contribution is 5.96. The monoisotopic (exact) mass is 264 g/mol. The minimum absolute atomic E-state index is 0.0235. The molecule has 0 atom stereocenters. The molecule has 0 radical (unpaired) electrons. The first-order chi connectivity index (χ1) is 8.93. The number of nitrogens with zero attached hydrogens (tertiary/aromatic N) is 1. The molecule has 1 aliphatic heterocycles. The van der Waals surface area contributed by atoms with E-state index in [0.717, 1.165) is 0 Å². The molecule has 102 valence electrons. The van der Waals surface area contributed by atoms with Crippen LogP contribution in [0.5, 0.6) is 0 Å². The molecule has 0 bridgehead atoms. The topological polar surface area (TPSA) is 81.5 Å². The lowest BCUT2D eigenvalue weighted by Crippen LogP contribution is -2.48. The summed E-state index contributed by atoms with van der Waals surface area (Å²) in [6.45, 7) is 5.37. The van der Waals surface area contributed by atoms with Crippen LogP contribution in [0.25, 0.3) is 0 Å². The summed E-state index contributed by atoms with van der Waals surface area (Å²) in [5.41, 5.74) is 0.675. The fourth-order valence-corrected chi connectivity index (χ4v) is 2.01. The number of benzene rings is 1. The van der Waals surface area contributed by atoms with Gasteiger partial charge in [0.1, 0.15) is 0 Å². The molecular weight excluding hydrogens is 248 g/mol. The molecule has 0 unspecified atom stereocenters. The number of ether oxygens (including phenoxy) is 1. The van der Waals surface area contributed by atoms with E-state index in [-0.39, 0.29) is 17.0 Å². The molecule has 0 spiro atoms. The third-order valence-electron chi connectivity index (χ3n) is 3.32. The van der Waals surface area contributed by atoms with Gasteiger partial charge in [0, 0.05) is 29.2 Å². The smallest absolute Gasteiger partial charge is 0.273 e. The maximum atomic E-state index is 12.1. The van der Waals surface area contributed by atoms with Crippen LogP contribution in [0.2, 0.25) is 0 Å². The van der Waals surface area contributed by atoms with Crippen LogP contribution < -0.4 is 5.32 Å². The van der Waals surface area contributed by atoms with Crippen molar-refractivity contribution in [1.29, 1.82) is 0 Å². The van der Waals surface area contributed by atoms with Crippen LogP contribution >= 0.6 is 0 Å². The third kappa shape index (κ3) is 2.73. The Kier molecular flexibility index (Phi) is 3.53. The van der Waals surface area contributed by atoms with E-state index < -0.39 is 4.92 Å². The highest BCUT2D eigenvalue weighted by atomic mass is 16.6. The molecule has 2 rings (SSSR count). The van der Waals surface area contributed by atoms with Crippen molar-refractivity contribution in [3.63, 3.8) is 0 Å². The normalized spacial score (nSPS) is 16.5. The summed E-state index contributed by atoms with van der Waals surface area (Å²) in [7, 11) is 0. The van der Waals surface area contributed by atoms with Gasteiger partial charge in [-0.05, 0) is 13.0 Å². The summed E-state index contributed by atoms with van der Waals surface area (Å²) < 4.78 is 5.11. The number of hydrogen-bond donors (Lipinski definition) is 1. The molecule has 6 heteroatoms. The van der Waals surface area contributed by atoms with Crippen molar-refractivity contribution < 1.29 is 14.5 Å². The Balaban J connectivity index is 2.10. The van der Waals surface area contributed by atoms with Gasteiger partial charge in [-0.15, -0.1) is 0 Å². The van der Waals surface area contributed by atoms with Crippen LogP contribution in [0, 0.1) is 22.5 Å². The summed E-state index contributed by atoms with van der Waals surface area (Å²) in [6, 6.07) is 4.51. The van der Waals surface area contributed by atoms with Crippen LogP contribution in [0.1, 0.15) is 22.8 Å². The molecule has 19 heavy (non-hydrogen) atoms. The summed E-state index contributed by atoms with van der Waals surface area (Å²) in [6.07, 6.45) is 0. The average molecular weight is 264 g/mol. The first kappa shape index (κ1) is 13.5. The van der Waals surface area contributed by atoms with E-state index in [1.165, 1.54) is 12.1 Å². The predicted octanol–water partition coefficient (Wildman–Crippen LogP) is 1.67. The highest BCUT2D eigenvalue weighted by Crippen LogP contribution is 2.26. The number of nitro benzene ring substituents is 1. The number of rotatable bonds is 4. The van der Waals surface area contributed by atoms with Crippen LogP contribution in [0.4, 0.5) is 5.69 Å². The first-order valence-corrected chi connectivity index (χ1v) is 6.03. The van der Waals surface area contributed by atoms with Gasteiger partial charge in [0.2, 0.25) is 0 Å². The number of carbonyl (C=O) groups excluding carboxylic acids is 1. The van der Waals surface area contributed by atoms with E-state index >= 15 is 0 Å². The second-order valence-corrected chi connectivity index (χ2v) is 5.19. The summed E-state index contributed by atoms with van der Waals surface area (Å²) >= 11 is 0. The Labute approximate surface area is 110 Å². The van der Waals surface area contributed by atoms with Gasteiger partial charge in [-0.25, -0.2) is 0 Å². The van der Waals surface area contributed by atoms with Crippen LogP contribution in [0.15, 0.2) is 18.2 Å². The van der Waals surface area contributed by atoms with E-state index in [1.54, 1.807) is 13.0 Å². The van der Waals surface area contributed by atoms with E-state index in [1.807, 2.05) is 6.92 Å². The predicted molar refractivity (Wildman–Crippen MR) is 69.1 cm³/mol. The molecule has 0 saturated carbocycles. The molecule has 1 aliphatic rings. The first-order valence-electron chi connectivity index (χ1n) is 6.03. The molecule has 1 aromatic carbocycles. The lowest BCUT2D eigenvalue weighted by molar-refractivity contribution is -0.385. The zero-order chi connectivity index (χ0) is 14.0. The minimum Gasteiger partial charge on any atom is -0.380 e. The standard InChI is InChI=1S/C13H16N2O4/c1-9-10(4-3-5-11(9)15(17)18)12(16)14-6-13(2)7-19-8-13/h3-5H,6-8H2,1-2H3,(H,14,16). The SMILES string of the molecule is Cc1c(C(=O)NCC2(C)COC2)cccc1[N+](=O)[O-]. The maximum absolute atomic E-state index is 12.1. The summed E-state index contributed by atoms with van der Waals surface area (Å²) in [5.74, 6) is -0.283. The van der Waals surface area contributed by atoms with Crippen LogP contribution in [-0.2, 0) is 4.74 Å². The molecule has 1 saturated heterocycles. The lowest BCUT2D eigenvalue weighted by atomic mass is 9.88. The molecule has 1 N–H and O–H groups in total. The lowest BCUT2D eigenvalue weighted by Gasteiger charge is -2.38. The van der Waals surface area contributed by atoms with Crippen LogP contribution in [0.3, 0.4) is 0 Å². The number of hydrogen-bond acceptors (Lipinski definition) is 4. The van der Waals surface area contributed by atoms with Gasteiger partial charge in [0.05, 0.1) is 18.1 Å². The third-order valence-corrected chi connectivity index (χ3v) is 3.32. The van der Waals surface area contributed by atoms with E-state index in [9.17, 15) is 14.9 Å². The molecule has 6 nitrogen and oxygen atoms in total. The van der Waals surface area contributed by atoms with Crippen molar-refractivity contribution in [2.75, 3.05) is 19.8 Å². The van der Waals surface area contributed by atoms with Crippen molar-refractivity contribution in [1.82, 2.24) is 5.32 Å². The van der Waals surface area contributed by atoms with Gasteiger partial charge in [-0.2, -0.15) is 0 Å². The fraction of sp³-hybridized carbons (Fsp3) is 0.462. The molecule has 0 aromatic heterocycles. The largest absolute Gasteiger partial charge is 0.380 e. The molecule has 1 aromatic rings. The summed E-state index contributed by atoms with van der Waals surface area (Å²) in [4.78, 5) is 22.4. The molecular formula is C13H16N2O4. The van der Waals surface area contributed by atoms with Crippen molar-refractivity contribution in [2.45, 2.75) is 13.8 Å². The second kappa shape index (κ2) is 4.97. The molecule has 1 fully saturated rings. The van der Waals surface area contributed by atoms with Gasteiger partial charge >= 0.3 is 0 Å². The maximum Gasteiger partial charge on any atom is 0.273 e. The van der Waals surface area contributed by atoms with Crippen molar-refractivity contribution in [2.24, 2.45) is 5.41 Å². The number of nitrogens with one attached hydrogen (secondary N) is 1. The van der Waals surface area contributed by atoms with E-state index in [0.29, 0.717) is 30.9 Å². The quantitative estimate of drug-likeness (QED) is 0.662. The minimum atomic E-state index is -0.479. The zero-order valence-corrected chi connectivity index (χ0v) is 10.9.